The standard InChI is InChI=1S/C11H17NO2/c1-3-8-5-9(4-2)10(6-8)7-12-11(13)14/h3-4,8-10,12H,1-2,5-7H2,(H,13,14). The summed E-state index contributed by atoms with van der Waals surface area (Å²) in [5.41, 5.74) is 0. The van der Waals surface area contributed by atoms with Gasteiger partial charge in [0.1, 0.15) is 0 Å². The molecule has 1 aliphatic carbocycles. The van der Waals surface area contributed by atoms with Crippen LogP contribution >= 0.6 is 0 Å². The topological polar surface area (TPSA) is 49.3 Å². The molecule has 0 heterocycles. The Morgan fingerprint density at radius 1 is 1.43 bits per heavy atom. The highest BCUT2D eigenvalue weighted by Gasteiger charge is 2.30. The van der Waals surface area contributed by atoms with Crippen molar-refractivity contribution in [2.75, 3.05) is 6.54 Å². The lowest BCUT2D eigenvalue weighted by Crippen LogP contribution is -2.28. The summed E-state index contributed by atoms with van der Waals surface area (Å²) in [6.07, 6.45) is 5.00. The molecule has 0 radical (unpaired) electrons. The summed E-state index contributed by atoms with van der Waals surface area (Å²) in [5.74, 6) is 1.31. The predicted octanol–water partition coefficient (Wildman–Crippen LogP) is 2.27. The number of rotatable bonds is 4. The Balaban J connectivity index is 2.46. The van der Waals surface area contributed by atoms with E-state index >= 15 is 0 Å². The van der Waals surface area contributed by atoms with Gasteiger partial charge in [0.15, 0.2) is 0 Å². The van der Waals surface area contributed by atoms with E-state index < -0.39 is 6.09 Å². The van der Waals surface area contributed by atoms with Gasteiger partial charge in [0.2, 0.25) is 0 Å². The smallest absolute Gasteiger partial charge is 0.404 e. The first kappa shape index (κ1) is 10.8. The maximum atomic E-state index is 10.3. The van der Waals surface area contributed by atoms with Crippen molar-refractivity contribution in [2.45, 2.75) is 12.8 Å². The number of hydrogen-bond donors (Lipinski definition) is 2. The highest BCUT2D eigenvalue weighted by atomic mass is 16.4. The molecule has 3 nitrogen and oxygen atoms in total. The predicted molar refractivity (Wildman–Crippen MR) is 56.1 cm³/mol. The van der Waals surface area contributed by atoms with Crippen LogP contribution in [0.25, 0.3) is 0 Å². The van der Waals surface area contributed by atoms with E-state index in [1.165, 1.54) is 0 Å². The Bertz CT molecular complexity index is 237. The average Bonchev–Trinajstić information content (AvgIpc) is 2.57. The fraction of sp³-hybridized carbons (Fsp3) is 0.545. The van der Waals surface area contributed by atoms with E-state index in [4.69, 9.17) is 5.11 Å². The van der Waals surface area contributed by atoms with Gasteiger partial charge in [0.05, 0.1) is 0 Å². The largest absolute Gasteiger partial charge is 0.465 e. The summed E-state index contributed by atoms with van der Waals surface area (Å²) in [5, 5.41) is 10.9. The average molecular weight is 195 g/mol. The third-order valence-electron chi connectivity index (χ3n) is 2.94. The first-order chi connectivity index (χ1) is 6.67. The van der Waals surface area contributed by atoms with Gasteiger partial charge in [-0.1, -0.05) is 12.2 Å². The SMILES string of the molecule is C=CC1CC(C=C)C(CNC(=O)O)C1. The Hall–Kier alpha value is -1.25. The summed E-state index contributed by atoms with van der Waals surface area (Å²) >= 11 is 0. The van der Waals surface area contributed by atoms with Crippen LogP contribution in [0.3, 0.4) is 0 Å². The monoisotopic (exact) mass is 195 g/mol. The van der Waals surface area contributed by atoms with E-state index in [0.29, 0.717) is 24.3 Å². The van der Waals surface area contributed by atoms with E-state index in [9.17, 15) is 4.79 Å². The molecular formula is C11H17NO2. The zero-order chi connectivity index (χ0) is 10.6. The Labute approximate surface area is 84.5 Å². The molecule has 0 bridgehead atoms. The van der Waals surface area contributed by atoms with Crippen LogP contribution in [0.1, 0.15) is 12.8 Å². The maximum Gasteiger partial charge on any atom is 0.404 e. The van der Waals surface area contributed by atoms with Gasteiger partial charge in [-0.2, -0.15) is 0 Å². The first-order valence-corrected chi connectivity index (χ1v) is 4.89. The van der Waals surface area contributed by atoms with Crippen molar-refractivity contribution < 1.29 is 9.90 Å². The second-order valence-electron chi connectivity index (χ2n) is 3.81. The van der Waals surface area contributed by atoms with Crippen molar-refractivity contribution in [3.8, 4) is 0 Å². The molecule has 1 rings (SSSR count). The van der Waals surface area contributed by atoms with E-state index in [2.05, 4.69) is 18.5 Å². The molecule has 3 unspecified atom stereocenters. The van der Waals surface area contributed by atoms with Crippen LogP contribution in [0.5, 0.6) is 0 Å². The van der Waals surface area contributed by atoms with E-state index in [0.717, 1.165) is 12.8 Å². The highest BCUT2D eigenvalue weighted by Crippen LogP contribution is 2.37. The summed E-state index contributed by atoms with van der Waals surface area (Å²) in [6.45, 7) is 8.07. The molecule has 14 heavy (non-hydrogen) atoms. The molecule has 0 aromatic rings. The molecule has 3 atom stereocenters. The zero-order valence-electron chi connectivity index (χ0n) is 8.28. The first-order valence-electron chi connectivity index (χ1n) is 4.89. The molecule has 0 spiro atoms. The van der Waals surface area contributed by atoms with Crippen molar-refractivity contribution in [3.05, 3.63) is 25.3 Å². The van der Waals surface area contributed by atoms with Crippen LogP contribution < -0.4 is 5.32 Å². The second-order valence-corrected chi connectivity index (χ2v) is 3.81. The highest BCUT2D eigenvalue weighted by molar-refractivity contribution is 5.64. The van der Waals surface area contributed by atoms with Crippen LogP contribution in [-0.4, -0.2) is 17.7 Å². The van der Waals surface area contributed by atoms with Gasteiger partial charge in [-0.25, -0.2) is 4.79 Å². The van der Waals surface area contributed by atoms with Crippen molar-refractivity contribution in [1.29, 1.82) is 0 Å². The molecule has 2 N–H and O–H groups in total. The van der Waals surface area contributed by atoms with Crippen LogP contribution in [-0.2, 0) is 0 Å². The van der Waals surface area contributed by atoms with Crippen molar-refractivity contribution in [2.24, 2.45) is 17.8 Å². The van der Waals surface area contributed by atoms with Crippen molar-refractivity contribution in [3.63, 3.8) is 0 Å². The number of nitrogens with one attached hydrogen (secondary N) is 1. The van der Waals surface area contributed by atoms with Gasteiger partial charge < -0.3 is 10.4 Å². The molecular weight excluding hydrogens is 178 g/mol. The van der Waals surface area contributed by atoms with E-state index in [1.54, 1.807) is 0 Å². The third kappa shape index (κ3) is 2.62. The number of amides is 1. The fourth-order valence-corrected chi connectivity index (χ4v) is 2.14. The minimum absolute atomic E-state index is 0.381. The van der Waals surface area contributed by atoms with Crippen molar-refractivity contribution >= 4 is 6.09 Å². The Kier molecular flexibility index (Phi) is 3.74. The lowest BCUT2D eigenvalue weighted by Gasteiger charge is -2.14. The molecule has 1 aliphatic rings. The second kappa shape index (κ2) is 4.84. The molecule has 3 heteroatoms. The van der Waals surface area contributed by atoms with Crippen molar-refractivity contribution in [1.82, 2.24) is 5.32 Å². The van der Waals surface area contributed by atoms with Crippen LogP contribution in [0.4, 0.5) is 4.79 Å². The normalized spacial score (nSPS) is 31.0. The van der Waals surface area contributed by atoms with Gasteiger partial charge in [-0.3, -0.25) is 0 Å². The van der Waals surface area contributed by atoms with Gasteiger partial charge in [0, 0.05) is 6.54 Å². The summed E-state index contributed by atoms with van der Waals surface area (Å²) < 4.78 is 0. The molecule has 1 fully saturated rings. The number of carbonyl (C=O) groups is 1. The van der Waals surface area contributed by atoms with E-state index in [-0.39, 0.29) is 0 Å². The molecule has 0 aromatic carbocycles. The minimum atomic E-state index is -0.949. The van der Waals surface area contributed by atoms with Gasteiger partial charge in [0.25, 0.3) is 0 Å². The molecule has 0 aromatic heterocycles. The number of allylic oxidation sites excluding steroid dienone is 2. The summed E-state index contributed by atoms with van der Waals surface area (Å²) in [6, 6.07) is 0. The molecule has 0 aliphatic heterocycles. The van der Waals surface area contributed by atoms with Gasteiger partial charge in [-0.05, 0) is 30.6 Å². The number of carboxylic acid groups (broad SMARTS) is 1. The lowest BCUT2D eigenvalue weighted by molar-refractivity contribution is 0.191. The van der Waals surface area contributed by atoms with Crippen LogP contribution in [0.2, 0.25) is 0 Å². The maximum absolute atomic E-state index is 10.3. The minimum Gasteiger partial charge on any atom is -0.465 e. The Morgan fingerprint density at radius 3 is 2.64 bits per heavy atom. The molecule has 1 saturated carbocycles. The number of hydrogen-bond acceptors (Lipinski definition) is 1. The third-order valence-corrected chi connectivity index (χ3v) is 2.94. The molecule has 78 valence electrons. The van der Waals surface area contributed by atoms with E-state index in [1.807, 2.05) is 12.2 Å². The zero-order valence-corrected chi connectivity index (χ0v) is 8.28. The quantitative estimate of drug-likeness (QED) is 0.676. The fourth-order valence-electron chi connectivity index (χ4n) is 2.14. The molecule has 0 saturated heterocycles. The summed E-state index contributed by atoms with van der Waals surface area (Å²) in [7, 11) is 0. The van der Waals surface area contributed by atoms with Crippen LogP contribution in [0.15, 0.2) is 25.3 Å². The van der Waals surface area contributed by atoms with Gasteiger partial charge >= 0.3 is 6.09 Å². The lowest BCUT2D eigenvalue weighted by atomic mass is 9.96. The Morgan fingerprint density at radius 2 is 2.14 bits per heavy atom. The summed E-state index contributed by atoms with van der Waals surface area (Å²) in [4.78, 5) is 10.3. The van der Waals surface area contributed by atoms with Crippen LogP contribution in [0, 0.1) is 17.8 Å². The molecule has 1 amide bonds. The van der Waals surface area contributed by atoms with Gasteiger partial charge in [-0.15, -0.1) is 13.2 Å².